The fraction of sp³-hybridized carbons (Fsp3) is 0.462. The molecule has 5 heteroatoms. The Hall–Kier alpha value is -0.740. The van der Waals surface area contributed by atoms with Gasteiger partial charge in [-0.25, -0.2) is 0 Å². The number of amides is 1. The van der Waals surface area contributed by atoms with Crippen LogP contribution in [-0.4, -0.2) is 21.9 Å². The van der Waals surface area contributed by atoms with Crippen molar-refractivity contribution < 1.29 is 9.90 Å². The predicted octanol–water partition coefficient (Wildman–Crippen LogP) is 3.48. The number of nitrogens with one attached hydrogen (secondary N) is 1. The number of rotatable bonds is 2. The molecule has 0 heterocycles. The summed E-state index contributed by atoms with van der Waals surface area (Å²) in [5.41, 5.74) is 0.278. The summed E-state index contributed by atoms with van der Waals surface area (Å²) in [6.07, 6.45) is 4.07. The van der Waals surface area contributed by atoms with Crippen molar-refractivity contribution in [3.63, 3.8) is 0 Å². The maximum atomic E-state index is 12.0. The smallest absolute Gasteiger partial charge is 0.255 e. The first-order chi connectivity index (χ1) is 8.56. The lowest BCUT2D eigenvalue weighted by molar-refractivity contribution is 0.0925. The van der Waals surface area contributed by atoms with Crippen LogP contribution in [0.2, 0.25) is 5.02 Å². The zero-order valence-corrected chi connectivity index (χ0v) is 12.2. The number of benzene rings is 1. The van der Waals surface area contributed by atoms with E-state index in [4.69, 9.17) is 11.6 Å². The Kier molecular flexibility index (Phi) is 4.51. The summed E-state index contributed by atoms with van der Waals surface area (Å²) in [5.74, 6) is -0.309. The number of hydrogen-bond acceptors (Lipinski definition) is 2. The second-order valence-corrected chi connectivity index (χ2v) is 6.32. The first-order valence-corrected chi connectivity index (χ1v) is 7.29. The second kappa shape index (κ2) is 5.93. The van der Waals surface area contributed by atoms with Gasteiger partial charge in [0.1, 0.15) is 5.75 Å². The molecule has 18 heavy (non-hydrogen) atoms. The lowest BCUT2D eigenvalue weighted by atomic mass is 9.95. The number of carbonyl (C=O) groups excluding carboxylic acids is 1. The summed E-state index contributed by atoms with van der Waals surface area (Å²) in [7, 11) is 0. The van der Waals surface area contributed by atoms with Crippen molar-refractivity contribution in [1.82, 2.24) is 5.32 Å². The van der Waals surface area contributed by atoms with Crippen LogP contribution in [-0.2, 0) is 0 Å². The molecule has 0 aliphatic heterocycles. The van der Waals surface area contributed by atoms with Crippen LogP contribution < -0.4 is 5.32 Å². The van der Waals surface area contributed by atoms with Crippen molar-refractivity contribution in [3.05, 3.63) is 28.8 Å². The maximum Gasteiger partial charge on any atom is 0.255 e. The molecule has 2 N–H and O–H groups in total. The molecule has 1 amide bonds. The molecule has 1 saturated carbocycles. The summed E-state index contributed by atoms with van der Waals surface area (Å²) in [6, 6.07) is 4.72. The summed E-state index contributed by atoms with van der Waals surface area (Å²) < 4.78 is 0. The molecular weight excluding hydrogens is 318 g/mol. The van der Waals surface area contributed by atoms with Crippen molar-refractivity contribution in [2.45, 2.75) is 36.6 Å². The monoisotopic (exact) mass is 331 g/mol. The summed E-state index contributed by atoms with van der Waals surface area (Å²) in [6.45, 7) is 0. The third-order valence-corrected chi connectivity index (χ3v) is 4.35. The highest BCUT2D eigenvalue weighted by atomic mass is 79.9. The molecule has 2 rings (SSSR count). The maximum absolute atomic E-state index is 12.0. The molecule has 1 fully saturated rings. The molecule has 1 aromatic rings. The van der Waals surface area contributed by atoms with Gasteiger partial charge in [0.05, 0.1) is 5.56 Å². The van der Waals surface area contributed by atoms with Crippen molar-refractivity contribution >= 4 is 33.4 Å². The Balaban J connectivity index is 1.99. The average molecular weight is 333 g/mol. The normalized spacial score (nSPS) is 23.7. The molecule has 98 valence electrons. The third kappa shape index (κ3) is 3.39. The van der Waals surface area contributed by atoms with E-state index in [1.54, 1.807) is 12.1 Å². The fourth-order valence-corrected chi connectivity index (χ4v) is 2.85. The highest BCUT2D eigenvalue weighted by Crippen LogP contribution is 2.26. The largest absolute Gasteiger partial charge is 0.507 e. The SMILES string of the molecule is O=C(NC1CCC(Br)CC1)c1ccc(Cl)cc1O. The van der Waals surface area contributed by atoms with Gasteiger partial charge in [-0.05, 0) is 43.9 Å². The Morgan fingerprint density at radius 3 is 2.61 bits per heavy atom. The summed E-state index contributed by atoms with van der Waals surface area (Å²) >= 11 is 9.31. The molecule has 0 unspecified atom stereocenters. The van der Waals surface area contributed by atoms with E-state index in [0.29, 0.717) is 9.85 Å². The lowest BCUT2D eigenvalue weighted by Crippen LogP contribution is -2.37. The number of phenolic OH excluding ortho intramolecular Hbond substituents is 1. The minimum atomic E-state index is -0.234. The first-order valence-electron chi connectivity index (χ1n) is 5.99. The molecule has 0 aromatic heterocycles. The van der Waals surface area contributed by atoms with Gasteiger partial charge >= 0.3 is 0 Å². The second-order valence-electron chi connectivity index (χ2n) is 4.58. The zero-order valence-electron chi connectivity index (χ0n) is 9.83. The highest BCUT2D eigenvalue weighted by Gasteiger charge is 2.22. The van der Waals surface area contributed by atoms with E-state index in [1.807, 2.05) is 0 Å². The molecule has 1 aliphatic carbocycles. The van der Waals surface area contributed by atoms with Gasteiger partial charge in [-0.1, -0.05) is 27.5 Å². The van der Waals surface area contributed by atoms with E-state index in [9.17, 15) is 9.90 Å². The van der Waals surface area contributed by atoms with E-state index >= 15 is 0 Å². The van der Waals surface area contributed by atoms with Crippen LogP contribution in [0.1, 0.15) is 36.0 Å². The van der Waals surface area contributed by atoms with Crippen LogP contribution >= 0.6 is 27.5 Å². The number of aromatic hydroxyl groups is 1. The highest BCUT2D eigenvalue weighted by molar-refractivity contribution is 9.09. The van der Waals surface area contributed by atoms with Crippen molar-refractivity contribution in [2.75, 3.05) is 0 Å². The van der Waals surface area contributed by atoms with Gasteiger partial charge in [-0.3, -0.25) is 4.79 Å². The number of phenols is 1. The van der Waals surface area contributed by atoms with Gasteiger partial charge in [0, 0.05) is 15.9 Å². The van der Waals surface area contributed by atoms with Crippen LogP contribution in [0.15, 0.2) is 18.2 Å². The van der Waals surface area contributed by atoms with Gasteiger partial charge in [0.15, 0.2) is 0 Å². The molecule has 1 aliphatic rings. The Morgan fingerprint density at radius 1 is 1.33 bits per heavy atom. The summed E-state index contributed by atoms with van der Waals surface area (Å²) in [4.78, 5) is 12.6. The average Bonchev–Trinajstić information content (AvgIpc) is 2.32. The predicted molar refractivity (Wildman–Crippen MR) is 75.6 cm³/mol. The van der Waals surface area contributed by atoms with Crippen molar-refractivity contribution in [1.29, 1.82) is 0 Å². The van der Waals surface area contributed by atoms with Crippen LogP contribution in [0.5, 0.6) is 5.75 Å². The van der Waals surface area contributed by atoms with Crippen molar-refractivity contribution in [2.24, 2.45) is 0 Å². The fourth-order valence-electron chi connectivity index (χ4n) is 2.16. The minimum Gasteiger partial charge on any atom is -0.507 e. The van der Waals surface area contributed by atoms with Gasteiger partial charge in [0.2, 0.25) is 0 Å². The van der Waals surface area contributed by atoms with E-state index < -0.39 is 0 Å². The topological polar surface area (TPSA) is 49.3 Å². The van der Waals surface area contributed by atoms with Crippen molar-refractivity contribution in [3.8, 4) is 5.75 Å². The van der Waals surface area contributed by atoms with Crippen LogP contribution in [0.4, 0.5) is 0 Å². The molecule has 0 saturated heterocycles. The Labute approximate surface area is 120 Å². The van der Waals surface area contributed by atoms with E-state index in [0.717, 1.165) is 25.7 Å². The lowest BCUT2D eigenvalue weighted by Gasteiger charge is -2.26. The minimum absolute atomic E-state index is 0.0748. The van der Waals surface area contributed by atoms with Gasteiger partial charge in [-0.2, -0.15) is 0 Å². The number of carbonyl (C=O) groups is 1. The van der Waals surface area contributed by atoms with Crippen LogP contribution in [0, 0.1) is 0 Å². The molecule has 0 atom stereocenters. The number of hydrogen-bond donors (Lipinski definition) is 2. The zero-order chi connectivity index (χ0) is 13.1. The third-order valence-electron chi connectivity index (χ3n) is 3.20. The van der Waals surface area contributed by atoms with Gasteiger partial charge in [-0.15, -0.1) is 0 Å². The molecule has 0 bridgehead atoms. The Bertz CT molecular complexity index is 445. The van der Waals surface area contributed by atoms with Crippen LogP contribution in [0.3, 0.4) is 0 Å². The van der Waals surface area contributed by atoms with E-state index in [2.05, 4.69) is 21.2 Å². The summed E-state index contributed by atoms with van der Waals surface area (Å²) in [5, 5.41) is 13.1. The van der Waals surface area contributed by atoms with Gasteiger partial charge in [0.25, 0.3) is 5.91 Å². The Morgan fingerprint density at radius 2 is 2.00 bits per heavy atom. The quantitative estimate of drug-likeness (QED) is 0.815. The molecular formula is C13H15BrClNO2. The van der Waals surface area contributed by atoms with Crippen LogP contribution in [0.25, 0.3) is 0 Å². The molecule has 3 nitrogen and oxygen atoms in total. The van der Waals surface area contributed by atoms with E-state index in [-0.39, 0.29) is 23.3 Å². The molecule has 0 radical (unpaired) electrons. The standard InChI is InChI=1S/C13H15BrClNO2/c14-8-1-4-10(5-2-8)16-13(18)11-6-3-9(15)7-12(11)17/h3,6-8,10,17H,1-2,4-5H2,(H,16,18). The van der Waals surface area contributed by atoms with E-state index in [1.165, 1.54) is 6.07 Å². The number of alkyl halides is 1. The molecule has 1 aromatic carbocycles. The van der Waals surface area contributed by atoms with Gasteiger partial charge < -0.3 is 10.4 Å². The molecule has 0 spiro atoms. The first kappa shape index (κ1) is 13.7. The number of halogens is 2.